The van der Waals surface area contributed by atoms with Gasteiger partial charge in [0.1, 0.15) is 0 Å². The Kier molecular flexibility index (Phi) is 4.68. The van der Waals surface area contributed by atoms with E-state index < -0.39 is 0 Å². The molecule has 4 nitrogen and oxygen atoms in total. The summed E-state index contributed by atoms with van der Waals surface area (Å²) < 4.78 is 0. The molecular weight excluding hydrogens is 274 g/mol. The van der Waals surface area contributed by atoms with Crippen LogP contribution in [0.3, 0.4) is 0 Å². The smallest absolute Gasteiger partial charge is 0.317 e. The maximum Gasteiger partial charge on any atom is 0.317 e. The Morgan fingerprint density at radius 2 is 1.95 bits per heavy atom. The molecule has 0 bridgehead atoms. The molecule has 2 heterocycles. The van der Waals surface area contributed by atoms with Crippen LogP contribution in [0.15, 0.2) is 54.9 Å². The van der Waals surface area contributed by atoms with Crippen molar-refractivity contribution in [2.45, 2.75) is 18.8 Å². The SMILES string of the molecule is O=C(NCCc1ccccc1)N1CCC(c2ccncc2)C1. The summed E-state index contributed by atoms with van der Waals surface area (Å²) in [5.74, 6) is 0.433. The van der Waals surface area contributed by atoms with Gasteiger partial charge in [-0.25, -0.2) is 4.79 Å². The molecule has 2 aromatic rings. The van der Waals surface area contributed by atoms with Crippen LogP contribution >= 0.6 is 0 Å². The third-order valence-corrected chi connectivity index (χ3v) is 4.19. The Balaban J connectivity index is 1.46. The number of hydrogen-bond donors (Lipinski definition) is 1. The highest BCUT2D eigenvalue weighted by Gasteiger charge is 2.26. The van der Waals surface area contributed by atoms with Gasteiger partial charge in [0.15, 0.2) is 0 Å². The van der Waals surface area contributed by atoms with Gasteiger partial charge in [-0.2, -0.15) is 0 Å². The first-order valence-electron chi connectivity index (χ1n) is 7.79. The van der Waals surface area contributed by atoms with Gasteiger partial charge in [-0.05, 0) is 36.1 Å². The molecule has 1 atom stereocenters. The maximum absolute atomic E-state index is 12.2. The molecule has 1 aliphatic rings. The molecule has 1 aliphatic heterocycles. The second-order valence-corrected chi connectivity index (χ2v) is 5.68. The molecule has 1 fully saturated rings. The molecule has 0 radical (unpaired) electrons. The number of carbonyl (C=O) groups excluding carboxylic acids is 1. The average Bonchev–Trinajstić information content (AvgIpc) is 3.07. The lowest BCUT2D eigenvalue weighted by Gasteiger charge is -2.17. The standard InChI is InChI=1S/C18H21N3O/c22-18(20-12-6-15-4-2-1-3-5-15)21-13-9-17(14-21)16-7-10-19-11-8-16/h1-5,7-8,10-11,17H,6,9,12-14H2,(H,20,22). The fourth-order valence-corrected chi connectivity index (χ4v) is 2.92. The number of aromatic nitrogens is 1. The highest BCUT2D eigenvalue weighted by Crippen LogP contribution is 2.26. The van der Waals surface area contributed by atoms with E-state index >= 15 is 0 Å². The molecule has 1 unspecified atom stereocenters. The van der Waals surface area contributed by atoms with Crippen LogP contribution in [0, 0.1) is 0 Å². The minimum Gasteiger partial charge on any atom is -0.338 e. The van der Waals surface area contributed by atoms with E-state index in [-0.39, 0.29) is 6.03 Å². The van der Waals surface area contributed by atoms with Crippen LogP contribution in [-0.4, -0.2) is 35.5 Å². The Hall–Kier alpha value is -2.36. The second-order valence-electron chi connectivity index (χ2n) is 5.68. The number of pyridine rings is 1. The first kappa shape index (κ1) is 14.6. The van der Waals surface area contributed by atoms with Crippen molar-refractivity contribution in [3.8, 4) is 0 Å². The van der Waals surface area contributed by atoms with Crippen LogP contribution in [0.1, 0.15) is 23.5 Å². The third kappa shape index (κ3) is 3.64. The number of amides is 2. The number of benzene rings is 1. The Morgan fingerprint density at radius 1 is 1.18 bits per heavy atom. The quantitative estimate of drug-likeness (QED) is 0.942. The summed E-state index contributed by atoms with van der Waals surface area (Å²) in [5, 5.41) is 3.02. The highest BCUT2D eigenvalue weighted by atomic mass is 16.2. The van der Waals surface area contributed by atoms with E-state index in [0.29, 0.717) is 12.5 Å². The maximum atomic E-state index is 12.2. The Labute approximate surface area is 131 Å². The minimum absolute atomic E-state index is 0.0486. The van der Waals surface area contributed by atoms with Gasteiger partial charge in [0.25, 0.3) is 0 Å². The number of nitrogens with zero attached hydrogens (tertiary/aromatic N) is 2. The summed E-state index contributed by atoms with van der Waals surface area (Å²) in [7, 11) is 0. The van der Waals surface area contributed by atoms with Crippen LogP contribution < -0.4 is 5.32 Å². The van der Waals surface area contributed by atoms with Crippen molar-refractivity contribution in [3.63, 3.8) is 0 Å². The van der Waals surface area contributed by atoms with Crippen molar-refractivity contribution in [1.82, 2.24) is 15.2 Å². The van der Waals surface area contributed by atoms with E-state index in [1.807, 2.05) is 47.6 Å². The zero-order chi connectivity index (χ0) is 15.2. The lowest BCUT2D eigenvalue weighted by atomic mass is 10.00. The normalized spacial score (nSPS) is 17.5. The van der Waals surface area contributed by atoms with Crippen molar-refractivity contribution in [3.05, 3.63) is 66.0 Å². The van der Waals surface area contributed by atoms with Gasteiger partial charge in [-0.1, -0.05) is 30.3 Å². The summed E-state index contributed by atoms with van der Waals surface area (Å²) >= 11 is 0. The predicted octanol–water partition coefficient (Wildman–Crippen LogP) is 2.82. The van der Waals surface area contributed by atoms with Gasteiger partial charge in [0, 0.05) is 37.9 Å². The van der Waals surface area contributed by atoms with Crippen LogP contribution in [0.5, 0.6) is 0 Å². The number of rotatable bonds is 4. The third-order valence-electron chi connectivity index (χ3n) is 4.19. The van der Waals surface area contributed by atoms with Crippen molar-refractivity contribution in [2.24, 2.45) is 0 Å². The molecule has 1 aromatic heterocycles. The lowest BCUT2D eigenvalue weighted by molar-refractivity contribution is 0.208. The zero-order valence-electron chi connectivity index (χ0n) is 12.6. The van der Waals surface area contributed by atoms with Crippen molar-refractivity contribution in [1.29, 1.82) is 0 Å². The molecule has 1 saturated heterocycles. The molecular formula is C18H21N3O. The molecule has 4 heteroatoms. The lowest BCUT2D eigenvalue weighted by Crippen LogP contribution is -2.39. The summed E-state index contributed by atoms with van der Waals surface area (Å²) in [5.41, 5.74) is 2.52. The van der Waals surface area contributed by atoms with Gasteiger partial charge in [0.05, 0.1) is 0 Å². The first-order chi connectivity index (χ1) is 10.8. The summed E-state index contributed by atoms with van der Waals surface area (Å²) in [6.07, 6.45) is 5.53. The zero-order valence-corrected chi connectivity index (χ0v) is 12.6. The van der Waals surface area contributed by atoms with E-state index in [1.54, 1.807) is 0 Å². The van der Waals surface area contributed by atoms with E-state index in [1.165, 1.54) is 11.1 Å². The number of urea groups is 1. The fraction of sp³-hybridized carbons (Fsp3) is 0.333. The molecule has 3 rings (SSSR count). The summed E-state index contributed by atoms with van der Waals surface area (Å²) in [4.78, 5) is 18.2. The number of nitrogens with one attached hydrogen (secondary N) is 1. The Bertz CT molecular complexity index is 600. The van der Waals surface area contributed by atoms with Gasteiger partial charge in [-0.3, -0.25) is 4.98 Å². The minimum atomic E-state index is 0.0486. The second kappa shape index (κ2) is 7.07. The van der Waals surface area contributed by atoms with E-state index in [4.69, 9.17) is 0 Å². The monoisotopic (exact) mass is 295 g/mol. The van der Waals surface area contributed by atoms with Gasteiger partial charge < -0.3 is 10.2 Å². The van der Waals surface area contributed by atoms with E-state index in [9.17, 15) is 4.79 Å². The Morgan fingerprint density at radius 3 is 2.73 bits per heavy atom. The number of carbonyl (C=O) groups is 1. The molecule has 0 spiro atoms. The van der Waals surface area contributed by atoms with Crippen LogP contribution in [0.4, 0.5) is 4.79 Å². The first-order valence-corrected chi connectivity index (χ1v) is 7.79. The van der Waals surface area contributed by atoms with Gasteiger partial charge in [0.2, 0.25) is 0 Å². The van der Waals surface area contributed by atoms with Crippen LogP contribution in [-0.2, 0) is 6.42 Å². The molecule has 1 aromatic carbocycles. The van der Waals surface area contributed by atoms with Gasteiger partial charge in [-0.15, -0.1) is 0 Å². The molecule has 114 valence electrons. The van der Waals surface area contributed by atoms with Crippen LogP contribution in [0.2, 0.25) is 0 Å². The average molecular weight is 295 g/mol. The summed E-state index contributed by atoms with van der Waals surface area (Å²) in [6.45, 7) is 2.30. The van der Waals surface area contributed by atoms with Gasteiger partial charge >= 0.3 is 6.03 Å². The van der Waals surface area contributed by atoms with Crippen molar-refractivity contribution in [2.75, 3.05) is 19.6 Å². The topological polar surface area (TPSA) is 45.2 Å². The molecule has 2 amide bonds. The number of hydrogen-bond acceptors (Lipinski definition) is 2. The largest absolute Gasteiger partial charge is 0.338 e. The number of likely N-dealkylation sites (tertiary alicyclic amines) is 1. The molecule has 22 heavy (non-hydrogen) atoms. The molecule has 1 N–H and O–H groups in total. The summed E-state index contributed by atoms with van der Waals surface area (Å²) in [6, 6.07) is 14.4. The van der Waals surface area contributed by atoms with E-state index in [2.05, 4.69) is 22.4 Å². The molecule has 0 saturated carbocycles. The fourth-order valence-electron chi connectivity index (χ4n) is 2.92. The van der Waals surface area contributed by atoms with Crippen molar-refractivity contribution >= 4 is 6.03 Å². The van der Waals surface area contributed by atoms with E-state index in [0.717, 1.165) is 25.9 Å². The molecule has 0 aliphatic carbocycles. The predicted molar refractivity (Wildman–Crippen MR) is 86.7 cm³/mol. The van der Waals surface area contributed by atoms with Crippen LogP contribution in [0.25, 0.3) is 0 Å². The highest BCUT2D eigenvalue weighted by molar-refractivity contribution is 5.74. The van der Waals surface area contributed by atoms with Crippen molar-refractivity contribution < 1.29 is 4.79 Å².